The highest BCUT2D eigenvalue weighted by atomic mass is 16.5. The monoisotopic (exact) mass is 253 g/mol. The molecule has 1 aromatic rings. The van der Waals surface area contributed by atoms with Crippen molar-refractivity contribution >= 4 is 17.5 Å². The second kappa shape index (κ2) is 6.53. The minimum Gasteiger partial charge on any atom is -0.473 e. The largest absolute Gasteiger partial charge is 0.473 e. The highest BCUT2D eigenvalue weighted by Crippen LogP contribution is 2.21. The number of hydrogen-bond acceptors (Lipinski definition) is 5. The normalized spacial score (nSPS) is 10.2. The lowest BCUT2D eigenvalue weighted by atomic mass is 10.4. The molecule has 0 radical (unpaired) electrons. The Morgan fingerprint density at radius 3 is 2.78 bits per heavy atom. The lowest BCUT2D eigenvalue weighted by Gasteiger charge is -2.13. The molecule has 18 heavy (non-hydrogen) atoms. The summed E-state index contributed by atoms with van der Waals surface area (Å²) in [6.07, 6.45) is 0.00609. The van der Waals surface area contributed by atoms with Gasteiger partial charge in [0.1, 0.15) is 5.82 Å². The fraction of sp³-hybridized carbons (Fsp3) is 0.455. The number of rotatable bonds is 6. The number of urea groups is 1. The van der Waals surface area contributed by atoms with Crippen molar-refractivity contribution in [1.82, 2.24) is 10.3 Å². The maximum atomic E-state index is 10.5. The van der Waals surface area contributed by atoms with E-state index in [4.69, 9.17) is 16.2 Å². The van der Waals surface area contributed by atoms with Gasteiger partial charge in [0.2, 0.25) is 5.88 Å². The van der Waals surface area contributed by atoms with Crippen molar-refractivity contribution in [2.45, 2.75) is 20.0 Å². The van der Waals surface area contributed by atoms with Gasteiger partial charge in [0, 0.05) is 13.1 Å². The van der Waals surface area contributed by atoms with E-state index >= 15 is 0 Å². The van der Waals surface area contributed by atoms with E-state index in [1.807, 2.05) is 13.8 Å². The van der Waals surface area contributed by atoms with Gasteiger partial charge in [-0.2, -0.15) is 4.98 Å². The van der Waals surface area contributed by atoms with Crippen LogP contribution < -0.4 is 26.8 Å². The van der Waals surface area contributed by atoms with Crippen molar-refractivity contribution in [2.75, 3.05) is 24.1 Å². The first-order valence-corrected chi connectivity index (χ1v) is 5.69. The van der Waals surface area contributed by atoms with E-state index in [9.17, 15) is 4.79 Å². The van der Waals surface area contributed by atoms with Crippen LogP contribution in [0.5, 0.6) is 5.88 Å². The van der Waals surface area contributed by atoms with E-state index in [1.165, 1.54) is 0 Å². The van der Waals surface area contributed by atoms with Gasteiger partial charge in [-0.05, 0) is 26.0 Å². The van der Waals surface area contributed by atoms with Crippen LogP contribution in [0, 0.1) is 0 Å². The molecule has 6 N–H and O–H groups in total. The van der Waals surface area contributed by atoms with Crippen LogP contribution in [0.4, 0.5) is 16.3 Å². The molecule has 7 heteroatoms. The van der Waals surface area contributed by atoms with Crippen molar-refractivity contribution in [3.63, 3.8) is 0 Å². The van der Waals surface area contributed by atoms with Crippen molar-refractivity contribution in [2.24, 2.45) is 5.73 Å². The molecule has 0 aromatic carbocycles. The number of hydrogen-bond donors (Lipinski definition) is 4. The molecular formula is C11H19N5O2. The van der Waals surface area contributed by atoms with Crippen LogP contribution in [0.2, 0.25) is 0 Å². The lowest BCUT2D eigenvalue weighted by Crippen LogP contribution is -2.33. The number of aromatic nitrogens is 1. The highest BCUT2D eigenvalue weighted by molar-refractivity contribution is 5.71. The standard InChI is InChI=1S/C11H19N5O2/c1-7(2)18-10-8(12)3-4-9(16-10)14-5-6-15-11(13)17/h3-4,7H,5-6,12H2,1-2H3,(H,14,16)(H3,13,15,17). The predicted molar refractivity (Wildman–Crippen MR) is 70.5 cm³/mol. The molecule has 0 fully saturated rings. The summed E-state index contributed by atoms with van der Waals surface area (Å²) in [4.78, 5) is 14.7. The summed E-state index contributed by atoms with van der Waals surface area (Å²) in [5.74, 6) is 1.03. The van der Waals surface area contributed by atoms with Crippen LogP contribution in [0.1, 0.15) is 13.8 Å². The third-order valence-electron chi connectivity index (χ3n) is 1.97. The van der Waals surface area contributed by atoms with E-state index in [1.54, 1.807) is 12.1 Å². The topological polar surface area (TPSA) is 115 Å². The Labute approximate surface area is 106 Å². The minimum absolute atomic E-state index is 0.00609. The van der Waals surface area contributed by atoms with E-state index in [0.29, 0.717) is 30.5 Å². The average molecular weight is 253 g/mol. The van der Waals surface area contributed by atoms with Gasteiger partial charge in [-0.1, -0.05) is 0 Å². The van der Waals surface area contributed by atoms with Crippen LogP contribution in [0.3, 0.4) is 0 Å². The van der Waals surface area contributed by atoms with Crippen LogP contribution in [-0.2, 0) is 0 Å². The molecule has 0 aliphatic heterocycles. The van der Waals surface area contributed by atoms with Gasteiger partial charge in [-0.3, -0.25) is 0 Å². The Bertz CT molecular complexity index is 408. The van der Waals surface area contributed by atoms with E-state index < -0.39 is 6.03 Å². The predicted octanol–water partition coefficient (Wildman–Crippen LogP) is 0.531. The zero-order valence-corrected chi connectivity index (χ0v) is 10.6. The number of nitrogens with one attached hydrogen (secondary N) is 2. The molecule has 1 aromatic heterocycles. The first-order valence-electron chi connectivity index (χ1n) is 5.69. The fourth-order valence-corrected chi connectivity index (χ4v) is 1.24. The molecule has 0 aliphatic rings. The summed E-state index contributed by atoms with van der Waals surface area (Å²) in [6.45, 7) is 4.73. The van der Waals surface area contributed by atoms with Crippen molar-refractivity contribution in [3.8, 4) is 5.88 Å². The number of ether oxygens (including phenoxy) is 1. The highest BCUT2D eigenvalue weighted by Gasteiger charge is 2.06. The molecule has 0 saturated heterocycles. The number of nitrogens with two attached hydrogens (primary N) is 2. The van der Waals surface area contributed by atoms with Gasteiger partial charge in [0.05, 0.1) is 11.8 Å². The summed E-state index contributed by atoms with van der Waals surface area (Å²) >= 11 is 0. The number of amides is 2. The molecule has 7 nitrogen and oxygen atoms in total. The summed E-state index contributed by atoms with van der Waals surface area (Å²) in [5.41, 5.74) is 11.2. The number of carbonyl (C=O) groups is 1. The number of pyridine rings is 1. The first kappa shape index (κ1) is 13.9. The Kier molecular flexibility index (Phi) is 5.04. The van der Waals surface area contributed by atoms with Crippen LogP contribution in [0.25, 0.3) is 0 Å². The van der Waals surface area contributed by atoms with E-state index in [-0.39, 0.29) is 6.10 Å². The molecule has 2 amide bonds. The summed E-state index contributed by atoms with van der Waals surface area (Å²) in [6, 6.07) is 2.91. The van der Waals surface area contributed by atoms with Crippen molar-refractivity contribution in [3.05, 3.63) is 12.1 Å². The quantitative estimate of drug-likeness (QED) is 0.552. The van der Waals surface area contributed by atoms with Gasteiger partial charge in [-0.15, -0.1) is 0 Å². The molecule has 100 valence electrons. The molecule has 0 spiro atoms. The number of carbonyl (C=O) groups excluding carboxylic acids is 1. The summed E-state index contributed by atoms with van der Waals surface area (Å²) in [7, 11) is 0. The second-order valence-corrected chi connectivity index (χ2v) is 3.98. The van der Waals surface area contributed by atoms with Crippen LogP contribution >= 0.6 is 0 Å². The fourth-order valence-electron chi connectivity index (χ4n) is 1.24. The van der Waals surface area contributed by atoms with Gasteiger partial charge < -0.3 is 26.8 Å². The first-order chi connectivity index (χ1) is 8.49. The van der Waals surface area contributed by atoms with Crippen molar-refractivity contribution in [1.29, 1.82) is 0 Å². The molecule has 0 unspecified atom stereocenters. The number of primary amides is 1. The SMILES string of the molecule is CC(C)Oc1nc(NCCNC(N)=O)ccc1N. The lowest BCUT2D eigenvalue weighted by molar-refractivity contribution is 0.234. The van der Waals surface area contributed by atoms with Crippen LogP contribution in [-0.4, -0.2) is 30.2 Å². The maximum absolute atomic E-state index is 10.5. The maximum Gasteiger partial charge on any atom is 0.312 e. The summed E-state index contributed by atoms with van der Waals surface area (Å²) < 4.78 is 5.46. The average Bonchev–Trinajstić information content (AvgIpc) is 2.27. The third-order valence-corrected chi connectivity index (χ3v) is 1.97. The van der Waals surface area contributed by atoms with E-state index in [2.05, 4.69) is 15.6 Å². The zero-order valence-electron chi connectivity index (χ0n) is 10.6. The molecular weight excluding hydrogens is 234 g/mol. The molecule has 0 bridgehead atoms. The van der Waals surface area contributed by atoms with Gasteiger partial charge >= 0.3 is 6.03 Å². The third kappa shape index (κ3) is 4.77. The second-order valence-electron chi connectivity index (χ2n) is 3.98. The molecule has 0 aliphatic carbocycles. The zero-order chi connectivity index (χ0) is 13.5. The van der Waals surface area contributed by atoms with Crippen molar-refractivity contribution < 1.29 is 9.53 Å². The number of nitrogen functional groups attached to an aromatic ring is 1. The van der Waals surface area contributed by atoms with E-state index in [0.717, 1.165) is 0 Å². The smallest absolute Gasteiger partial charge is 0.312 e. The Morgan fingerprint density at radius 2 is 2.17 bits per heavy atom. The number of anilines is 2. The molecule has 0 saturated carbocycles. The Morgan fingerprint density at radius 1 is 1.44 bits per heavy atom. The molecule has 0 atom stereocenters. The van der Waals surface area contributed by atoms with Gasteiger partial charge in [0.15, 0.2) is 0 Å². The molecule has 1 heterocycles. The minimum atomic E-state index is -0.550. The Balaban J connectivity index is 2.53. The Hall–Kier alpha value is -2.18. The van der Waals surface area contributed by atoms with Gasteiger partial charge in [0.25, 0.3) is 0 Å². The van der Waals surface area contributed by atoms with Crippen LogP contribution in [0.15, 0.2) is 12.1 Å². The molecule has 1 rings (SSSR count). The summed E-state index contributed by atoms with van der Waals surface area (Å²) in [5, 5.41) is 5.49. The number of nitrogens with zero attached hydrogens (tertiary/aromatic N) is 1. The van der Waals surface area contributed by atoms with Gasteiger partial charge in [-0.25, -0.2) is 4.79 Å².